The van der Waals surface area contributed by atoms with Crippen LogP contribution in [0.2, 0.25) is 0 Å². The average molecular weight is 675 g/mol. The molecule has 0 spiro atoms. The topological polar surface area (TPSA) is 9.86 Å². The first-order valence-electron chi connectivity index (χ1n) is 18.6. The molecule has 1 aliphatic carbocycles. The molecule has 9 aromatic carbocycles. The summed E-state index contributed by atoms with van der Waals surface area (Å²) in [5.41, 5.74) is 12.6. The first kappa shape index (κ1) is 29.0. The van der Waals surface area contributed by atoms with Crippen LogP contribution < -0.4 is 0 Å². The third kappa shape index (κ3) is 3.63. The molecule has 0 N–H and O–H groups in total. The Balaban J connectivity index is 1.36. The zero-order valence-electron chi connectivity index (χ0n) is 29.6. The first-order valence-corrected chi connectivity index (χ1v) is 18.6. The van der Waals surface area contributed by atoms with Crippen LogP contribution in [0.4, 0.5) is 0 Å². The van der Waals surface area contributed by atoms with Gasteiger partial charge in [0, 0.05) is 38.3 Å². The van der Waals surface area contributed by atoms with Crippen LogP contribution in [-0.2, 0) is 5.41 Å². The molecule has 2 aromatic heterocycles. The van der Waals surface area contributed by atoms with Crippen LogP contribution in [-0.4, -0.2) is 9.13 Å². The average Bonchev–Trinajstić information content (AvgIpc) is 3.82. The minimum absolute atomic E-state index is 0.207. The van der Waals surface area contributed by atoms with Gasteiger partial charge in [0.05, 0.1) is 22.1 Å². The van der Waals surface area contributed by atoms with E-state index in [-0.39, 0.29) is 5.41 Å². The van der Waals surface area contributed by atoms with Gasteiger partial charge in [-0.25, -0.2) is 0 Å². The predicted octanol–water partition coefficient (Wildman–Crippen LogP) is 13.6. The van der Waals surface area contributed by atoms with Crippen molar-refractivity contribution < 1.29 is 0 Å². The van der Waals surface area contributed by atoms with Gasteiger partial charge in [0.25, 0.3) is 0 Å². The summed E-state index contributed by atoms with van der Waals surface area (Å²) < 4.78 is 5.11. The number of nitrogens with zero attached hydrogens (tertiary/aromatic N) is 2. The van der Waals surface area contributed by atoms with Crippen molar-refractivity contribution in [2.75, 3.05) is 0 Å². The Kier molecular flexibility index (Phi) is 5.60. The molecule has 0 atom stereocenters. The molecular weight excluding hydrogens is 641 g/mol. The molecule has 1 aliphatic rings. The summed E-state index contributed by atoms with van der Waals surface area (Å²) in [6, 6.07) is 63.1. The van der Waals surface area contributed by atoms with Crippen LogP contribution in [0.3, 0.4) is 0 Å². The highest BCUT2D eigenvalue weighted by atomic mass is 15.0. The monoisotopic (exact) mass is 674 g/mol. The van der Waals surface area contributed by atoms with Gasteiger partial charge in [-0.05, 0) is 91.0 Å². The second kappa shape index (κ2) is 10.2. The highest BCUT2D eigenvalue weighted by Crippen LogP contribution is 2.58. The highest BCUT2D eigenvalue weighted by Gasteiger charge is 2.41. The molecule has 248 valence electrons. The zero-order valence-corrected chi connectivity index (χ0v) is 29.6. The first-order chi connectivity index (χ1) is 26.1. The minimum atomic E-state index is -0.207. The van der Waals surface area contributed by atoms with E-state index in [4.69, 9.17) is 0 Å². The van der Waals surface area contributed by atoms with Gasteiger partial charge in [-0.1, -0.05) is 147 Å². The van der Waals surface area contributed by atoms with E-state index in [0.29, 0.717) is 0 Å². The molecule has 2 heterocycles. The molecule has 0 aliphatic heterocycles. The lowest BCUT2D eigenvalue weighted by molar-refractivity contribution is 0.667. The Labute approximate surface area is 306 Å². The van der Waals surface area contributed by atoms with E-state index >= 15 is 0 Å². The van der Waals surface area contributed by atoms with E-state index in [0.717, 1.165) is 0 Å². The molecule has 0 bridgehead atoms. The largest absolute Gasteiger partial charge is 0.307 e. The van der Waals surface area contributed by atoms with Crippen molar-refractivity contribution in [1.82, 2.24) is 9.13 Å². The van der Waals surface area contributed by atoms with Gasteiger partial charge in [-0.3, -0.25) is 0 Å². The Morgan fingerprint density at radius 3 is 1.51 bits per heavy atom. The molecule has 2 nitrogen and oxygen atoms in total. The SMILES string of the molecule is CC1(C)c2ccccc2-c2c1c1c3ccccc3n(-c3ccc4c5ccccc5c5ccccc5c4c3)c1c1c2c2ccccc2n1-c1ccccc1. The third-order valence-corrected chi connectivity index (χ3v) is 12.2. The fourth-order valence-corrected chi connectivity index (χ4v) is 10.1. The number of benzene rings is 9. The van der Waals surface area contributed by atoms with Crippen LogP contribution in [0.15, 0.2) is 170 Å². The molecule has 0 saturated carbocycles. The summed E-state index contributed by atoms with van der Waals surface area (Å²) in [4.78, 5) is 0. The molecule has 53 heavy (non-hydrogen) atoms. The van der Waals surface area contributed by atoms with Crippen molar-refractivity contribution in [3.05, 3.63) is 181 Å². The molecule has 0 fully saturated rings. The smallest absolute Gasteiger partial charge is 0.0795 e. The van der Waals surface area contributed by atoms with Gasteiger partial charge >= 0.3 is 0 Å². The van der Waals surface area contributed by atoms with Crippen molar-refractivity contribution in [1.29, 1.82) is 0 Å². The van der Waals surface area contributed by atoms with Crippen LogP contribution in [0.1, 0.15) is 25.0 Å². The molecular formula is C51H34N2. The Morgan fingerprint density at radius 1 is 0.377 bits per heavy atom. The Hall–Kier alpha value is -6.64. The third-order valence-electron chi connectivity index (χ3n) is 12.2. The highest BCUT2D eigenvalue weighted by molar-refractivity contribution is 6.31. The molecule has 12 rings (SSSR count). The van der Waals surface area contributed by atoms with Crippen molar-refractivity contribution >= 4 is 75.9 Å². The number of aromatic nitrogens is 2. The lowest BCUT2D eigenvalue weighted by Crippen LogP contribution is -2.15. The molecule has 0 saturated heterocycles. The molecule has 0 radical (unpaired) electrons. The lowest BCUT2D eigenvalue weighted by atomic mass is 9.80. The van der Waals surface area contributed by atoms with E-state index < -0.39 is 0 Å². The summed E-state index contributed by atoms with van der Waals surface area (Å²) >= 11 is 0. The number of hydrogen-bond acceptors (Lipinski definition) is 0. The van der Waals surface area contributed by atoms with E-state index in [1.165, 1.54) is 110 Å². The fourth-order valence-electron chi connectivity index (χ4n) is 10.1. The van der Waals surface area contributed by atoms with Gasteiger partial charge < -0.3 is 9.13 Å². The molecule has 0 amide bonds. The zero-order chi connectivity index (χ0) is 35.0. The minimum Gasteiger partial charge on any atom is -0.307 e. The summed E-state index contributed by atoms with van der Waals surface area (Å²) in [7, 11) is 0. The number of rotatable bonds is 2. The van der Waals surface area contributed by atoms with Gasteiger partial charge in [-0.2, -0.15) is 0 Å². The maximum absolute atomic E-state index is 2.58. The number of fused-ring (bicyclic) bond motifs is 18. The van der Waals surface area contributed by atoms with Crippen molar-refractivity contribution in [2.45, 2.75) is 19.3 Å². The lowest BCUT2D eigenvalue weighted by Gasteiger charge is -2.23. The maximum Gasteiger partial charge on any atom is 0.0795 e. The fraction of sp³-hybridized carbons (Fsp3) is 0.0588. The van der Waals surface area contributed by atoms with Gasteiger partial charge in [0.1, 0.15) is 0 Å². The normalized spacial score (nSPS) is 13.6. The van der Waals surface area contributed by atoms with E-state index in [1.54, 1.807) is 0 Å². The molecule has 2 heteroatoms. The van der Waals surface area contributed by atoms with E-state index in [9.17, 15) is 0 Å². The van der Waals surface area contributed by atoms with Crippen LogP contribution in [0.5, 0.6) is 0 Å². The molecule has 11 aromatic rings. The predicted molar refractivity (Wildman–Crippen MR) is 225 cm³/mol. The van der Waals surface area contributed by atoms with Gasteiger partial charge in [0.2, 0.25) is 0 Å². The Bertz CT molecular complexity index is 3320. The van der Waals surface area contributed by atoms with Crippen molar-refractivity contribution in [2.24, 2.45) is 0 Å². The standard InChI is InChI=1S/C51H34N2/c1-51(2)42-25-13-10-22-38(42)45-46-39-23-11-14-26-43(39)52(31-16-4-3-5-17-31)49(46)50-47(48(45)51)40-24-12-15-27-44(40)53(50)32-28-29-37-35-20-7-6-18-33(35)34-19-8-9-21-36(34)41(37)30-32/h3-30H,1-2H3. The van der Waals surface area contributed by atoms with Crippen LogP contribution >= 0.6 is 0 Å². The summed E-state index contributed by atoms with van der Waals surface area (Å²) in [5, 5.41) is 13.0. The summed E-state index contributed by atoms with van der Waals surface area (Å²) in [6.45, 7) is 4.86. The second-order valence-corrected chi connectivity index (χ2v) is 15.2. The quantitative estimate of drug-likeness (QED) is 0.162. The number of para-hydroxylation sites is 3. The van der Waals surface area contributed by atoms with Crippen LogP contribution in [0, 0.1) is 0 Å². The molecule has 0 unspecified atom stereocenters. The van der Waals surface area contributed by atoms with Crippen molar-refractivity contribution in [3.8, 4) is 22.5 Å². The van der Waals surface area contributed by atoms with E-state index in [2.05, 4.69) is 193 Å². The summed E-state index contributed by atoms with van der Waals surface area (Å²) in [5.74, 6) is 0. The maximum atomic E-state index is 2.58. The van der Waals surface area contributed by atoms with Gasteiger partial charge in [-0.15, -0.1) is 0 Å². The second-order valence-electron chi connectivity index (χ2n) is 15.2. The van der Waals surface area contributed by atoms with Crippen LogP contribution in [0.25, 0.3) is 98.4 Å². The van der Waals surface area contributed by atoms with Crippen molar-refractivity contribution in [3.63, 3.8) is 0 Å². The Morgan fingerprint density at radius 2 is 0.849 bits per heavy atom. The van der Waals surface area contributed by atoms with Gasteiger partial charge in [0.15, 0.2) is 0 Å². The summed E-state index contributed by atoms with van der Waals surface area (Å²) in [6.07, 6.45) is 0. The number of hydrogen-bond donors (Lipinski definition) is 0. The van der Waals surface area contributed by atoms with E-state index in [1.807, 2.05) is 0 Å².